The number of nitrogens with zero attached hydrogens (tertiary/aromatic N) is 4. The van der Waals surface area contributed by atoms with Gasteiger partial charge in [0.15, 0.2) is 0 Å². The van der Waals surface area contributed by atoms with E-state index in [-0.39, 0.29) is 23.8 Å². The Morgan fingerprint density at radius 1 is 1.05 bits per heavy atom. The number of benzene rings is 3. The van der Waals surface area contributed by atoms with E-state index in [1.165, 1.54) is 29.9 Å². The van der Waals surface area contributed by atoms with Crippen LogP contribution in [-0.4, -0.2) is 39.0 Å². The predicted molar refractivity (Wildman–Crippen MR) is 150 cm³/mol. The molecule has 9 nitrogen and oxygen atoms in total. The Balaban J connectivity index is 1.56. The summed E-state index contributed by atoms with van der Waals surface area (Å²) >= 11 is 0. The van der Waals surface area contributed by atoms with Gasteiger partial charge in [-0.3, -0.25) is 9.32 Å². The number of aryl methyl sites for hydroxylation is 1. The molecule has 10 heteroatoms. The molecule has 5 rings (SSSR count). The van der Waals surface area contributed by atoms with E-state index >= 15 is 4.39 Å². The van der Waals surface area contributed by atoms with Gasteiger partial charge in [0.05, 0.1) is 18.5 Å². The van der Waals surface area contributed by atoms with Crippen LogP contribution in [-0.2, 0) is 12.8 Å². The molecular formula is C30H28FN5O4. The number of nitrogens with one attached hydrogen (secondary N) is 1. The lowest BCUT2D eigenvalue weighted by atomic mass is 9.95. The van der Waals surface area contributed by atoms with E-state index in [4.69, 9.17) is 14.2 Å². The number of anilines is 1. The zero-order valence-electron chi connectivity index (χ0n) is 22.3. The zero-order valence-corrected chi connectivity index (χ0v) is 22.3. The Bertz CT molecular complexity index is 1710. The summed E-state index contributed by atoms with van der Waals surface area (Å²) in [5.41, 5.74) is 3.65. The van der Waals surface area contributed by atoms with Gasteiger partial charge in [-0.2, -0.15) is 4.98 Å². The standard InChI is InChI=1S/C30H28FN5O4/c1-4-7-26-24(28(38)36(29(32-2)33-26)20-12-14-21(37)15-13-20)16-19-11-10-18(17-25(19)31)22-8-5-6-9-23(22)27-34-30(39-3)40-35-27/h5-6,8-15,17,37H,4,7,16H2,1-3H3,(H,32,33). The van der Waals surface area contributed by atoms with Crippen molar-refractivity contribution in [3.8, 4) is 40.0 Å². The molecule has 0 saturated carbocycles. The molecular weight excluding hydrogens is 513 g/mol. The second kappa shape index (κ2) is 11.4. The Hall–Kier alpha value is -4.99. The van der Waals surface area contributed by atoms with Crippen molar-refractivity contribution in [1.29, 1.82) is 0 Å². The maximum Gasteiger partial charge on any atom is 0.417 e. The van der Waals surface area contributed by atoms with Crippen LogP contribution in [0, 0.1) is 5.82 Å². The summed E-state index contributed by atoms with van der Waals surface area (Å²) in [6.45, 7) is 2.00. The first-order chi connectivity index (χ1) is 19.4. The number of aromatic hydroxyl groups is 1. The van der Waals surface area contributed by atoms with Gasteiger partial charge in [0.1, 0.15) is 11.6 Å². The zero-order chi connectivity index (χ0) is 28.2. The van der Waals surface area contributed by atoms with Crippen molar-refractivity contribution >= 4 is 5.95 Å². The number of halogens is 1. The topological polar surface area (TPSA) is 115 Å². The molecule has 0 atom stereocenters. The van der Waals surface area contributed by atoms with Crippen LogP contribution in [0.25, 0.3) is 28.2 Å². The normalized spacial score (nSPS) is 11.0. The van der Waals surface area contributed by atoms with Gasteiger partial charge in [0.2, 0.25) is 11.8 Å². The van der Waals surface area contributed by atoms with Crippen molar-refractivity contribution in [2.75, 3.05) is 19.5 Å². The van der Waals surface area contributed by atoms with Crippen molar-refractivity contribution in [1.82, 2.24) is 19.7 Å². The smallest absolute Gasteiger partial charge is 0.417 e. The van der Waals surface area contributed by atoms with Crippen LogP contribution in [0.1, 0.15) is 30.2 Å². The second-order valence-corrected chi connectivity index (χ2v) is 9.13. The van der Waals surface area contributed by atoms with Crippen LogP contribution in [0.5, 0.6) is 11.8 Å². The Kier molecular flexibility index (Phi) is 7.59. The van der Waals surface area contributed by atoms with Crippen LogP contribution in [0.2, 0.25) is 0 Å². The van der Waals surface area contributed by atoms with Gasteiger partial charge in [-0.25, -0.2) is 13.9 Å². The second-order valence-electron chi connectivity index (χ2n) is 9.13. The lowest BCUT2D eigenvalue weighted by molar-refractivity contribution is 0.250. The molecule has 0 radical (unpaired) electrons. The van der Waals surface area contributed by atoms with Crippen molar-refractivity contribution in [3.63, 3.8) is 0 Å². The SMILES string of the molecule is CCCc1nc(NC)n(-c2ccc(O)cc2)c(=O)c1Cc1ccc(-c2ccccc2-c2noc(OC)n2)cc1F. The molecule has 0 amide bonds. The van der Waals surface area contributed by atoms with E-state index in [0.29, 0.717) is 51.8 Å². The summed E-state index contributed by atoms with van der Waals surface area (Å²) in [5.74, 6) is 0.328. The van der Waals surface area contributed by atoms with Crippen molar-refractivity contribution in [2.24, 2.45) is 0 Å². The minimum Gasteiger partial charge on any atom is -0.508 e. The van der Waals surface area contributed by atoms with Crippen LogP contribution in [0.15, 0.2) is 76.0 Å². The first-order valence-corrected chi connectivity index (χ1v) is 12.8. The molecule has 0 saturated heterocycles. The lowest BCUT2D eigenvalue weighted by Crippen LogP contribution is -2.28. The van der Waals surface area contributed by atoms with E-state index in [0.717, 1.165) is 12.0 Å². The lowest BCUT2D eigenvalue weighted by Gasteiger charge is -2.17. The Morgan fingerprint density at radius 2 is 1.80 bits per heavy atom. The molecule has 0 aliphatic carbocycles. The summed E-state index contributed by atoms with van der Waals surface area (Å²) in [5, 5.41) is 16.7. The number of aromatic nitrogens is 4. The van der Waals surface area contributed by atoms with Crippen molar-refractivity contribution in [3.05, 3.63) is 99.7 Å². The molecule has 3 aromatic carbocycles. The molecule has 0 bridgehead atoms. The van der Waals surface area contributed by atoms with Crippen LogP contribution >= 0.6 is 0 Å². The molecule has 0 aliphatic heterocycles. The minimum atomic E-state index is -0.450. The third kappa shape index (κ3) is 5.15. The fraction of sp³-hybridized carbons (Fsp3) is 0.200. The summed E-state index contributed by atoms with van der Waals surface area (Å²) in [6, 6.07) is 18.6. The highest BCUT2D eigenvalue weighted by Crippen LogP contribution is 2.32. The molecule has 0 fully saturated rings. The highest BCUT2D eigenvalue weighted by atomic mass is 19.1. The molecule has 2 aromatic heterocycles. The number of ether oxygens (including phenoxy) is 1. The largest absolute Gasteiger partial charge is 0.508 e. The first kappa shape index (κ1) is 26.6. The summed E-state index contributed by atoms with van der Waals surface area (Å²) < 4.78 is 27.1. The fourth-order valence-electron chi connectivity index (χ4n) is 4.61. The Labute approximate surface area is 229 Å². The highest BCUT2D eigenvalue weighted by molar-refractivity contribution is 5.80. The maximum atomic E-state index is 15.6. The number of phenolic OH excluding ortho intramolecular Hbond substituents is 1. The van der Waals surface area contributed by atoms with Gasteiger partial charge in [-0.1, -0.05) is 54.9 Å². The average molecular weight is 542 g/mol. The van der Waals surface area contributed by atoms with E-state index in [1.54, 1.807) is 25.2 Å². The number of methoxy groups -OCH3 is 1. The molecule has 204 valence electrons. The fourth-order valence-corrected chi connectivity index (χ4v) is 4.61. The molecule has 2 N–H and O–H groups in total. The molecule has 0 aliphatic rings. The summed E-state index contributed by atoms with van der Waals surface area (Å²) in [6.07, 6.45) is 1.44. The van der Waals surface area contributed by atoms with Gasteiger partial charge in [0.25, 0.3) is 5.56 Å². The molecule has 0 spiro atoms. The van der Waals surface area contributed by atoms with Crippen LogP contribution in [0.4, 0.5) is 10.3 Å². The average Bonchev–Trinajstić information content (AvgIpc) is 3.45. The van der Waals surface area contributed by atoms with Crippen LogP contribution in [0.3, 0.4) is 0 Å². The molecule has 5 aromatic rings. The van der Waals surface area contributed by atoms with Gasteiger partial charge in [-0.05, 0) is 53.4 Å². The predicted octanol–water partition coefficient (Wildman–Crippen LogP) is 5.39. The molecule has 2 heterocycles. The third-order valence-corrected chi connectivity index (χ3v) is 6.56. The summed E-state index contributed by atoms with van der Waals surface area (Å²) in [7, 11) is 3.12. The minimum absolute atomic E-state index is 0.0325. The molecule has 0 unspecified atom stereocenters. The highest BCUT2D eigenvalue weighted by Gasteiger charge is 2.20. The van der Waals surface area contributed by atoms with Gasteiger partial charge in [-0.15, -0.1) is 0 Å². The third-order valence-electron chi connectivity index (χ3n) is 6.56. The monoisotopic (exact) mass is 541 g/mol. The quantitative estimate of drug-likeness (QED) is 0.255. The summed E-state index contributed by atoms with van der Waals surface area (Å²) in [4.78, 5) is 22.8. The van der Waals surface area contributed by atoms with E-state index in [1.807, 2.05) is 37.3 Å². The number of hydrogen-bond acceptors (Lipinski definition) is 8. The van der Waals surface area contributed by atoms with E-state index in [2.05, 4.69) is 15.5 Å². The van der Waals surface area contributed by atoms with Gasteiger partial charge >= 0.3 is 6.08 Å². The van der Waals surface area contributed by atoms with Gasteiger partial charge < -0.3 is 15.2 Å². The van der Waals surface area contributed by atoms with Crippen molar-refractivity contribution < 1.29 is 18.8 Å². The number of phenols is 1. The van der Waals surface area contributed by atoms with E-state index in [9.17, 15) is 9.90 Å². The maximum absolute atomic E-state index is 15.6. The molecule has 40 heavy (non-hydrogen) atoms. The van der Waals surface area contributed by atoms with Crippen LogP contribution < -0.4 is 15.6 Å². The van der Waals surface area contributed by atoms with E-state index < -0.39 is 5.82 Å². The number of rotatable bonds is 9. The first-order valence-electron chi connectivity index (χ1n) is 12.8. The Morgan fingerprint density at radius 3 is 2.45 bits per heavy atom. The number of hydrogen-bond donors (Lipinski definition) is 2. The van der Waals surface area contributed by atoms with Crippen molar-refractivity contribution in [2.45, 2.75) is 26.2 Å². The van der Waals surface area contributed by atoms with Gasteiger partial charge in [0, 0.05) is 24.6 Å².